The number of ketones is 1. The van der Waals surface area contributed by atoms with Crippen molar-refractivity contribution >= 4 is 23.1 Å². The van der Waals surface area contributed by atoms with E-state index in [1.165, 1.54) is 6.92 Å². The Morgan fingerprint density at radius 3 is 2.73 bits per heavy atom. The number of nitrogens with one attached hydrogen (secondary N) is 1. The van der Waals surface area contributed by atoms with Crippen molar-refractivity contribution in [2.24, 2.45) is 0 Å². The lowest BCUT2D eigenvalue weighted by Crippen LogP contribution is -2.10. The molecule has 3 nitrogen and oxygen atoms in total. The maximum Gasteiger partial charge on any atom is 0.148 e. The molecule has 1 aromatic carbocycles. The number of methoxy groups -OCH3 is 1. The average molecular weight is 228 g/mol. The van der Waals surface area contributed by atoms with Gasteiger partial charge >= 0.3 is 0 Å². The van der Waals surface area contributed by atoms with E-state index in [2.05, 4.69) is 5.32 Å². The molecule has 15 heavy (non-hydrogen) atoms. The summed E-state index contributed by atoms with van der Waals surface area (Å²) in [7, 11) is 1.57. The first-order valence-electron chi connectivity index (χ1n) is 4.62. The molecule has 0 spiro atoms. The number of rotatable bonds is 4. The van der Waals surface area contributed by atoms with Gasteiger partial charge in [0.1, 0.15) is 11.5 Å². The number of benzene rings is 1. The van der Waals surface area contributed by atoms with Crippen LogP contribution in [0.1, 0.15) is 12.5 Å². The Morgan fingerprint density at radius 1 is 1.53 bits per heavy atom. The molecule has 0 bridgehead atoms. The van der Waals surface area contributed by atoms with E-state index < -0.39 is 0 Å². The number of Topliss-reactive ketones (excluding diaryl/α,β-unsaturated/α-hetero) is 1. The van der Waals surface area contributed by atoms with Gasteiger partial charge in [0.05, 0.1) is 18.7 Å². The molecule has 0 heterocycles. The van der Waals surface area contributed by atoms with E-state index in [0.29, 0.717) is 17.3 Å². The summed E-state index contributed by atoms with van der Waals surface area (Å²) >= 11 is 5.97. The van der Waals surface area contributed by atoms with Gasteiger partial charge < -0.3 is 10.1 Å². The monoisotopic (exact) mass is 227 g/mol. The van der Waals surface area contributed by atoms with Crippen LogP contribution < -0.4 is 10.1 Å². The lowest BCUT2D eigenvalue weighted by molar-refractivity contribution is -0.115. The second-order valence-corrected chi connectivity index (χ2v) is 3.76. The molecule has 0 atom stereocenters. The van der Waals surface area contributed by atoms with E-state index in [-0.39, 0.29) is 5.78 Å². The number of aryl methyl sites for hydroxylation is 1. The molecular formula is C11H14ClNO2. The summed E-state index contributed by atoms with van der Waals surface area (Å²) in [4.78, 5) is 10.8. The predicted molar refractivity (Wildman–Crippen MR) is 61.9 cm³/mol. The van der Waals surface area contributed by atoms with Crippen LogP contribution in [0.25, 0.3) is 0 Å². The summed E-state index contributed by atoms with van der Waals surface area (Å²) in [5.41, 5.74) is 1.86. The standard InChI is InChI=1S/C11H14ClNO2/c1-7-4-11(15-3)9(12)5-10(7)13-6-8(2)14/h4-5,13H,6H2,1-3H3. The van der Waals surface area contributed by atoms with Crippen LogP contribution in [0.15, 0.2) is 12.1 Å². The number of ether oxygens (including phenoxy) is 1. The van der Waals surface area contributed by atoms with Crippen molar-refractivity contribution in [1.82, 2.24) is 0 Å². The first-order valence-corrected chi connectivity index (χ1v) is 5.00. The number of hydrogen-bond acceptors (Lipinski definition) is 3. The molecule has 0 fully saturated rings. The fourth-order valence-electron chi connectivity index (χ4n) is 1.22. The zero-order valence-corrected chi connectivity index (χ0v) is 9.81. The molecule has 0 aromatic heterocycles. The van der Waals surface area contributed by atoms with Gasteiger partial charge in [0, 0.05) is 5.69 Å². The summed E-state index contributed by atoms with van der Waals surface area (Å²) in [6.07, 6.45) is 0. The number of carbonyl (C=O) groups is 1. The first kappa shape index (κ1) is 11.9. The Kier molecular flexibility index (Phi) is 3.97. The number of anilines is 1. The largest absolute Gasteiger partial charge is 0.495 e. The molecule has 1 aromatic rings. The SMILES string of the molecule is COc1cc(C)c(NCC(C)=O)cc1Cl. The Bertz CT molecular complexity index is 377. The van der Waals surface area contributed by atoms with Crippen LogP contribution >= 0.6 is 11.6 Å². The van der Waals surface area contributed by atoms with Crippen molar-refractivity contribution < 1.29 is 9.53 Å². The summed E-state index contributed by atoms with van der Waals surface area (Å²) in [6, 6.07) is 3.60. The van der Waals surface area contributed by atoms with Crippen LogP contribution in [-0.4, -0.2) is 19.4 Å². The van der Waals surface area contributed by atoms with Crippen molar-refractivity contribution in [2.75, 3.05) is 19.0 Å². The second kappa shape index (κ2) is 5.03. The fourth-order valence-corrected chi connectivity index (χ4v) is 1.46. The zero-order valence-electron chi connectivity index (χ0n) is 9.06. The van der Waals surface area contributed by atoms with Gasteiger partial charge in [-0.3, -0.25) is 4.79 Å². The molecule has 0 saturated carbocycles. The van der Waals surface area contributed by atoms with Gasteiger partial charge in [-0.2, -0.15) is 0 Å². The van der Waals surface area contributed by atoms with Crippen LogP contribution in [0.2, 0.25) is 5.02 Å². The van der Waals surface area contributed by atoms with Crippen LogP contribution in [0.5, 0.6) is 5.75 Å². The Labute approximate surface area is 94.4 Å². The molecule has 0 unspecified atom stereocenters. The summed E-state index contributed by atoms with van der Waals surface area (Å²) in [5, 5.41) is 3.55. The summed E-state index contributed by atoms with van der Waals surface area (Å²) in [6.45, 7) is 3.78. The maximum absolute atomic E-state index is 10.8. The van der Waals surface area contributed by atoms with Gasteiger partial charge in [-0.05, 0) is 31.5 Å². The maximum atomic E-state index is 10.8. The first-order chi connectivity index (χ1) is 7.04. The number of hydrogen-bond donors (Lipinski definition) is 1. The van der Waals surface area contributed by atoms with Crippen molar-refractivity contribution in [3.63, 3.8) is 0 Å². The quantitative estimate of drug-likeness (QED) is 0.860. The third kappa shape index (κ3) is 3.13. The minimum absolute atomic E-state index is 0.0846. The highest BCUT2D eigenvalue weighted by molar-refractivity contribution is 6.32. The minimum Gasteiger partial charge on any atom is -0.495 e. The molecule has 0 aliphatic heterocycles. The molecule has 82 valence electrons. The highest BCUT2D eigenvalue weighted by Gasteiger charge is 2.06. The van der Waals surface area contributed by atoms with E-state index >= 15 is 0 Å². The number of carbonyl (C=O) groups excluding carboxylic acids is 1. The van der Waals surface area contributed by atoms with Gasteiger partial charge in [-0.25, -0.2) is 0 Å². The summed E-state index contributed by atoms with van der Waals surface area (Å²) in [5.74, 6) is 0.726. The van der Waals surface area contributed by atoms with E-state index in [9.17, 15) is 4.79 Å². The van der Waals surface area contributed by atoms with Crippen LogP contribution in [0.4, 0.5) is 5.69 Å². The van der Waals surface area contributed by atoms with Crippen molar-refractivity contribution in [2.45, 2.75) is 13.8 Å². The Morgan fingerprint density at radius 2 is 2.20 bits per heavy atom. The topological polar surface area (TPSA) is 38.3 Å². The molecule has 0 amide bonds. The molecule has 0 aliphatic rings. The molecular weight excluding hydrogens is 214 g/mol. The van der Waals surface area contributed by atoms with Crippen LogP contribution in [-0.2, 0) is 4.79 Å². The van der Waals surface area contributed by atoms with Gasteiger partial charge in [0.25, 0.3) is 0 Å². The molecule has 0 saturated heterocycles. The van der Waals surface area contributed by atoms with Gasteiger partial charge in [0.2, 0.25) is 0 Å². The van der Waals surface area contributed by atoms with E-state index in [0.717, 1.165) is 11.3 Å². The molecule has 1 N–H and O–H groups in total. The Balaban J connectivity index is 2.90. The van der Waals surface area contributed by atoms with E-state index in [1.807, 2.05) is 13.0 Å². The summed E-state index contributed by atoms with van der Waals surface area (Å²) < 4.78 is 5.08. The van der Waals surface area contributed by atoms with Gasteiger partial charge in [-0.15, -0.1) is 0 Å². The lowest BCUT2D eigenvalue weighted by Gasteiger charge is -2.11. The van der Waals surface area contributed by atoms with E-state index in [1.54, 1.807) is 13.2 Å². The molecule has 4 heteroatoms. The van der Waals surface area contributed by atoms with Crippen molar-refractivity contribution in [3.8, 4) is 5.75 Å². The highest BCUT2D eigenvalue weighted by atomic mass is 35.5. The fraction of sp³-hybridized carbons (Fsp3) is 0.364. The van der Waals surface area contributed by atoms with E-state index in [4.69, 9.17) is 16.3 Å². The number of halogens is 1. The second-order valence-electron chi connectivity index (χ2n) is 3.36. The molecule has 0 radical (unpaired) electrons. The van der Waals surface area contributed by atoms with Crippen molar-refractivity contribution in [3.05, 3.63) is 22.7 Å². The third-order valence-electron chi connectivity index (χ3n) is 2.03. The zero-order chi connectivity index (χ0) is 11.4. The third-order valence-corrected chi connectivity index (χ3v) is 2.32. The normalized spacial score (nSPS) is 9.87. The minimum atomic E-state index is 0.0846. The van der Waals surface area contributed by atoms with Gasteiger partial charge in [-0.1, -0.05) is 11.6 Å². The van der Waals surface area contributed by atoms with Crippen LogP contribution in [0.3, 0.4) is 0 Å². The molecule has 0 aliphatic carbocycles. The highest BCUT2D eigenvalue weighted by Crippen LogP contribution is 2.30. The lowest BCUT2D eigenvalue weighted by atomic mass is 10.2. The van der Waals surface area contributed by atoms with Gasteiger partial charge in [0.15, 0.2) is 0 Å². The average Bonchev–Trinajstić information content (AvgIpc) is 2.18. The smallest absolute Gasteiger partial charge is 0.148 e. The Hall–Kier alpha value is -1.22. The van der Waals surface area contributed by atoms with Crippen LogP contribution in [0, 0.1) is 6.92 Å². The molecule has 1 rings (SSSR count). The predicted octanol–water partition coefficient (Wildman–Crippen LogP) is 2.66. The van der Waals surface area contributed by atoms with Crippen molar-refractivity contribution in [1.29, 1.82) is 0 Å².